The van der Waals surface area contributed by atoms with Crippen molar-refractivity contribution in [1.29, 1.82) is 0 Å². The maximum absolute atomic E-state index is 13.4. The van der Waals surface area contributed by atoms with Gasteiger partial charge in [0.1, 0.15) is 6.04 Å². The Bertz CT molecular complexity index is 1000. The SMILES string of the molecule is CCOC(=O)C(=O)[C@H](CC1CCCCC1)NC(=O)N1CCCC(C(OCCNC(=O)OC)c2cccc(Cl)c2)C1. The molecule has 3 amide bonds. The Hall–Kier alpha value is -2.85. The first-order valence-electron chi connectivity index (χ1n) is 14.3. The summed E-state index contributed by atoms with van der Waals surface area (Å²) in [5, 5.41) is 6.05. The number of amides is 3. The summed E-state index contributed by atoms with van der Waals surface area (Å²) < 4.78 is 15.8. The van der Waals surface area contributed by atoms with Crippen molar-refractivity contribution in [2.45, 2.75) is 70.4 Å². The summed E-state index contributed by atoms with van der Waals surface area (Å²) in [6.07, 6.45) is 6.41. The predicted molar refractivity (Wildman–Crippen MR) is 150 cm³/mol. The molecular weight excluding hydrogens is 538 g/mol. The number of ether oxygens (including phenoxy) is 3. The van der Waals surface area contributed by atoms with Crippen molar-refractivity contribution in [3.8, 4) is 0 Å². The van der Waals surface area contributed by atoms with Crippen LogP contribution >= 0.6 is 11.6 Å². The van der Waals surface area contributed by atoms with Gasteiger partial charge in [0.25, 0.3) is 5.78 Å². The van der Waals surface area contributed by atoms with Gasteiger partial charge in [0.05, 0.1) is 26.4 Å². The van der Waals surface area contributed by atoms with Crippen molar-refractivity contribution in [1.82, 2.24) is 15.5 Å². The van der Waals surface area contributed by atoms with E-state index in [-0.39, 0.29) is 43.7 Å². The van der Waals surface area contributed by atoms with Gasteiger partial charge in [0.15, 0.2) is 0 Å². The van der Waals surface area contributed by atoms with Crippen molar-refractivity contribution in [2.24, 2.45) is 11.8 Å². The van der Waals surface area contributed by atoms with Gasteiger partial charge in [-0.1, -0.05) is 55.8 Å². The number of nitrogens with one attached hydrogen (secondary N) is 2. The number of alkyl carbamates (subject to hydrolysis) is 1. The number of benzene rings is 1. The molecule has 2 unspecified atom stereocenters. The molecule has 3 rings (SSSR count). The quantitative estimate of drug-likeness (QED) is 0.210. The fraction of sp³-hybridized carbons (Fsp3) is 0.655. The van der Waals surface area contributed by atoms with E-state index < -0.39 is 23.9 Å². The maximum Gasteiger partial charge on any atom is 0.406 e. The Balaban J connectivity index is 1.69. The molecule has 2 aliphatic rings. The average Bonchev–Trinajstić information content (AvgIpc) is 2.97. The van der Waals surface area contributed by atoms with E-state index in [0.717, 1.165) is 44.1 Å². The first-order valence-corrected chi connectivity index (χ1v) is 14.6. The van der Waals surface area contributed by atoms with Crippen LogP contribution in [-0.2, 0) is 23.8 Å². The fourth-order valence-corrected chi connectivity index (χ4v) is 5.81. The van der Waals surface area contributed by atoms with E-state index in [0.29, 0.717) is 24.5 Å². The number of hydrogen-bond acceptors (Lipinski definition) is 7. The summed E-state index contributed by atoms with van der Waals surface area (Å²) in [7, 11) is 1.30. The summed E-state index contributed by atoms with van der Waals surface area (Å²) in [5.41, 5.74) is 0.880. The summed E-state index contributed by atoms with van der Waals surface area (Å²) in [6, 6.07) is 6.12. The number of piperidine rings is 1. The molecule has 1 aromatic rings. The Kier molecular flexibility index (Phi) is 13.0. The molecule has 0 bridgehead atoms. The van der Waals surface area contributed by atoms with E-state index in [9.17, 15) is 19.2 Å². The van der Waals surface area contributed by atoms with Crippen LogP contribution in [0.1, 0.15) is 70.0 Å². The third-order valence-corrected chi connectivity index (χ3v) is 7.82. The number of esters is 1. The normalized spacial score (nSPS) is 19.3. The van der Waals surface area contributed by atoms with Gasteiger partial charge < -0.3 is 29.7 Å². The summed E-state index contributed by atoms with van der Waals surface area (Å²) >= 11 is 6.27. The molecular formula is C29H42ClN3O7. The van der Waals surface area contributed by atoms with Gasteiger partial charge >= 0.3 is 18.1 Å². The molecule has 0 radical (unpaired) electrons. The minimum atomic E-state index is -0.917. The van der Waals surface area contributed by atoms with Crippen LogP contribution in [-0.4, -0.2) is 74.8 Å². The van der Waals surface area contributed by atoms with Crippen LogP contribution in [0, 0.1) is 11.8 Å². The number of halogens is 1. The number of hydrogen-bond donors (Lipinski definition) is 2. The molecule has 0 spiro atoms. The highest BCUT2D eigenvalue weighted by atomic mass is 35.5. The number of urea groups is 1. The number of carbonyl (C=O) groups is 4. The number of Topliss-reactive ketones (excluding diaryl/α,β-unsaturated/α-hetero) is 1. The van der Waals surface area contributed by atoms with E-state index in [1.807, 2.05) is 18.2 Å². The zero-order valence-corrected chi connectivity index (χ0v) is 24.3. The lowest BCUT2D eigenvalue weighted by Gasteiger charge is -2.38. The zero-order valence-electron chi connectivity index (χ0n) is 23.5. The van der Waals surface area contributed by atoms with Gasteiger partial charge in [-0.3, -0.25) is 4.79 Å². The fourth-order valence-electron chi connectivity index (χ4n) is 5.61. The van der Waals surface area contributed by atoms with Crippen LogP contribution in [0.4, 0.5) is 9.59 Å². The Morgan fingerprint density at radius 2 is 1.88 bits per heavy atom. The minimum Gasteiger partial charge on any atom is -0.460 e. The number of nitrogens with zero attached hydrogens (tertiary/aromatic N) is 1. The molecule has 11 heteroatoms. The van der Waals surface area contributed by atoms with Crippen molar-refractivity contribution in [3.05, 3.63) is 34.9 Å². The van der Waals surface area contributed by atoms with Crippen molar-refractivity contribution >= 4 is 35.5 Å². The highest BCUT2D eigenvalue weighted by Crippen LogP contribution is 2.34. The second-order valence-electron chi connectivity index (χ2n) is 10.4. The number of rotatable bonds is 12. The smallest absolute Gasteiger partial charge is 0.406 e. The van der Waals surface area contributed by atoms with E-state index in [4.69, 9.17) is 21.1 Å². The first-order chi connectivity index (χ1) is 19.3. The van der Waals surface area contributed by atoms with Crippen LogP contribution in [0.3, 0.4) is 0 Å². The van der Waals surface area contributed by atoms with Gasteiger partial charge in [-0.25, -0.2) is 14.4 Å². The number of likely N-dealkylation sites (tertiary alicyclic amines) is 1. The second-order valence-corrected chi connectivity index (χ2v) is 10.9. The van der Waals surface area contributed by atoms with Crippen LogP contribution in [0.25, 0.3) is 0 Å². The summed E-state index contributed by atoms with van der Waals surface area (Å²) in [6.45, 7) is 3.18. The number of ketones is 1. The average molecular weight is 580 g/mol. The molecule has 1 aromatic carbocycles. The van der Waals surface area contributed by atoms with Crippen LogP contribution in [0.2, 0.25) is 5.02 Å². The molecule has 1 heterocycles. The molecule has 1 aliphatic heterocycles. The van der Waals surface area contributed by atoms with Gasteiger partial charge in [-0.2, -0.15) is 0 Å². The number of methoxy groups -OCH3 is 1. The van der Waals surface area contributed by atoms with E-state index in [1.165, 1.54) is 13.5 Å². The molecule has 40 heavy (non-hydrogen) atoms. The van der Waals surface area contributed by atoms with Crippen molar-refractivity contribution < 1.29 is 33.4 Å². The minimum absolute atomic E-state index is 0.0475. The molecule has 3 atom stereocenters. The lowest BCUT2D eigenvalue weighted by atomic mass is 9.84. The third kappa shape index (κ3) is 9.66. The third-order valence-electron chi connectivity index (χ3n) is 7.59. The second kappa shape index (κ2) is 16.4. The molecule has 222 valence electrons. The Morgan fingerprint density at radius 1 is 1.10 bits per heavy atom. The predicted octanol–water partition coefficient (Wildman–Crippen LogP) is 4.65. The highest BCUT2D eigenvalue weighted by molar-refractivity contribution is 6.36. The van der Waals surface area contributed by atoms with E-state index in [1.54, 1.807) is 17.9 Å². The summed E-state index contributed by atoms with van der Waals surface area (Å²) in [4.78, 5) is 51.8. The molecule has 2 N–H and O–H groups in total. The van der Waals surface area contributed by atoms with E-state index >= 15 is 0 Å². The Labute approximate surface area is 241 Å². The van der Waals surface area contributed by atoms with Crippen molar-refractivity contribution in [3.63, 3.8) is 0 Å². The van der Waals surface area contributed by atoms with Crippen LogP contribution in [0.5, 0.6) is 0 Å². The van der Waals surface area contributed by atoms with Gasteiger partial charge in [0.2, 0.25) is 0 Å². The molecule has 1 aliphatic carbocycles. The molecule has 2 fully saturated rings. The molecule has 10 nitrogen and oxygen atoms in total. The summed E-state index contributed by atoms with van der Waals surface area (Å²) in [5.74, 6) is -1.37. The largest absolute Gasteiger partial charge is 0.460 e. The molecule has 0 aromatic heterocycles. The highest BCUT2D eigenvalue weighted by Gasteiger charge is 2.35. The van der Waals surface area contributed by atoms with Gasteiger partial charge in [0, 0.05) is 30.6 Å². The number of carbonyl (C=O) groups excluding carboxylic acids is 4. The van der Waals surface area contributed by atoms with E-state index in [2.05, 4.69) is 15.4 Å². The monoisotopic (exact) mass is 579 g/mol. The van der Waals surface area contributed by atoms with Gasteiger partial charge in [-0.15, -0.1) is 0 Å². The lowest BCUT2D eigenvalue weighted by molar-refractivity contribution is -0.154. The topological polar surface area (TPSA) is 123 Å². The van der Waals surface area contributed by atoms with Gasteiger partial charge in [-0.05, 0) is 49.8 Å². The standard InChI is InChI=1S/C29H42ClN3O7/c1-3-39-27(35)25(34)24(17-20-9-5-4-6-10-20)32-28(36)33-15-8-12-22(19-33)26(21-11-7-13-23(30)18-21)40-16-14-31-29(37)38-2/h7,11,13,18,20,22,24,26H,3-6,8-10,12,14-17,19H2,1-2H3,(H,31,37)(H,32,36)/t22?,24-,26?/m0/s1. The first kappa shape index (κ1) is 31.7. The molecule has 1 saturated heterocycles. The molecule has 1 saturated carbocycles. The zero-order chi connectivity index (χ0) is 28.9. The van der Waals surface area contributed by atoms with Crippen molar-refractivity contribution in [2.75, 3.05) is 40.0 Å². The maximum atomic E-state index is 13.4. The van der Waals surface area contributed by atoms with Crippen LogP contribution in [0.15, 0.2) is 24.3 Å². The lowest BCUT2D eigenvalue weighted by Crippen LogP contribution is -2.53. The Morgan fingerprint density at radius 3 is 2.58 bits per heavy atom. The van der Waals surface area contributed by atoms with Crippen LogP contribution < -0.4 is 10.6 Å².